The largest absolute Gasteiger partial charge is 0.324 e. The zero-order valence-corrected chi connectivity index (χ0v) is 10.2. The van der Waals surface area contributed by atoms with E-state index in [1.54, 1.807) is 0 Å². The van der Waals surface area contributed by atoms with Crippen molar-refractivity contribution >= 4 is 28.3 Å². The minimum Gasteiger partial charge on any atom is -0.324 e. The van der Waals surface area contributed by atoms with Crippen molar-refractivity contribution in [1.82, 2.24) is 0 Å². The van der Waals surface area contributed by atoms with Crippen LogP contribution in [0.3, 0.4) is 0 Å². The third-order valence-electron chi connectivity index (χ3n) is 1.75. The van der Waals surface area contributed by atoms with Crippen molar-refractivity contribution in [2.24, 2.45) is 5.73 Å². The number of nitrogens with two attached hydrogens (primary N) is 1. The standard InChI is InChI=1S/C10H14BrN.ClH/c1-10(2,12)9(11)8-6-4-3-5-7-8;/h3-7,9H,12H2,1-2H3;1H. The highest BCUT2D eigenvalue weighted by Crippen LogP contribution is 2.31. The Morgan fingerprint density at radius 2 is 1.69 bits per heavy atom. The second kappa shape index (κ2) is 4.99. The molecule has 1 atom stereocenters. The predicted molar refractivity (Wildman–Crippen MR) is 63.6 cm³/mol. The van der Waals surface area contributed by atoms with E-state index >= 15 is 0 Å². The highest BCUT2D eigenvalue weighted by Gasteiger charge is 2.23. The van der Waals surface area contributed by atoms with E-state index in [1.165, 1.54) is 5.56 Å². The molecule has 1 aromatic carbocycles. The first kappa shape index (κ1) is 12.9. The molecule has 3 heteroatoms. The molecule has 13 heavy (non-hydrogen) atoms. The van der Waals surface area contributed by atoms with E-state index in [0.717, 1.165) is 0 Å². The molecule has 0 amide bonds. The van der Waals surface area contributed by atoms with Gasteiger partial charge < -0.3 is 5.73 Å². The van der Waals surface area contributed by atoms with Gasteiger partial charge in [-0.25, -0.2) is 0 Å². The number of hydrogen-bond acceptors (Lipinski definition) is 1. The summed E-state index contributed by atoms with van der Waals surface area (Å²) in [7, 11) is 0. The molecular formula is C10H15BrClN. The van der Waals surface area contributed by atoms with Gasteiger partial charge >= 0.3 is 0 Å². The Labute approximate surface area is 94.3 Å². The van der Waals surface area contributed by atoms with Crippen LogP contribution in [-0.4, -0.2) is 5.54 Å². The molecule has 0 aliphatic heterocycles. The van der Waals surface area contributed by atoms with E-state index < -0.39 is 0 Å². The first-order valence-corrected chi connectivity index (χ1v) is 4.91. The second-order valence-corrected chi connectivity index (χ2v) is 4.51. The summed E-state index contributed by atoms with van der Waals surface area (Å²) in [6, 6.07) is 10.2. The van der Waals surface area contributed by atoms with Crippen molar-refractivity contribution in [3.05, 3.63) is 35.9 Å². The van der Waals surface area contributed by atoms with Gasteiger partial charge in [-0.05, 0) is 19.4 Å². The Morgan fingerprint density at radius 1 is 1.23 bits per heavy atom. The van der Waals surface area contributed by atoms with Crippen LogP contribution in [0.5, 0.6) is 0 Å². The molecule has 1 unspecified atom stereocenters. The lowest BCUT2D eigenvalue weighted by molar-refractivity contribution is 0.512. The minimum atomic E-state index is -0.221. The summed E-state index contributed by atoms with van der Waals surface area (Å²) in [6.07, 6.45) is 0. The van der Waals surface area contributed by atoms with E-state index in [4.69, 9.17) is 5.73 Å². The number of rotatable bonds is 2. The third kappa shape index (κ3) is 3.67. The molecule has 0 radical (unpaired) electrons. The maximum absolute atomic E-state index is 5.96. The number of alkyl halides is 1. The molecule has 0 bridgehead atoms. The molecule has 1 aromatic rings. The molecule has 0 aliphatic carbocycles. The van der Waals surface area contributed by atoms with Gasteiger partial charge in [0.15, 0.2) is 0 Å². The van der Waals surface area contributed by atoms with E-state index in [0.29, 0.717) is 0 Å². The molecule has 2 N–H and O–H groups in total. The Balaban J connectivity index is 0.00000144. The quantitative estimate of drug-likeness (QED) is 0.815. The topological polar surface area (TPSA) is 26.0 Å². The van der Waals surface area contributed by atoms with E-state index in [-0.39, 0.29) is 22.8 Å². The van der Waals surface area contributed by atoms with Crippen LogP contribution >= 0.6 is 28.3 Å². The van der Waals surface area contributed by atoms with E-state index in [1.807, 2.05) is 32.0 Å². The lowest BCUT2D eigenvalue weighted by Gasteiger charge is -2.25. The number of halogens is 2. The molecule has 0 aliphatic rings. The molecule has 0 saturated carbocycles. The van der Waals surface area contributed by atoms with E-state index in [9.17, 15) is 0 Å². The van der Waals surface area contributed by atoms with Crippen LogP contribution in [-0.2, 0) is 0 Å². The van der Waals surface area contributed by atoms with Gasteiger partial charge in [0.05, 0.1) is 4.83 Å². The summed E-state index contributed by atoms with van der Waals surface area (Å²) in [5.41, 5.74) is 6.97. The highest BCUT2D eigenvalue weighted by molar-refractivity contribution is 9.09. The average molecular weight is 265 g/mol. The smallest absolute Gasteiger partial charge is 0.0569 e. The molecule has 0 heterocycles. The second-order valence-electron chi connectivity index (χ2n) is 3.59. The van der Waals surface area contributed by atoms with Crippen LogP contribution in [0.1, 0.15) is 24.2 Å². The first-order valence-electron chi connectivity index (χ1n) is 3.99. The zero-order chi connectivity index (χ0) is 9.19. The SMILES string of the molecule is CC(C)(N)C(Br)c1ccccc1.Cl. The molecule has 0 saturated heterocycles. The summed E-state index contributed by atoms with van der Waals surface area (Å²) in [6.45, 7) is 4.03. The van der Waals surface area contributed by atoms with Gasteiger partial charge in [0, 0.05) is 5.54 Å². The van der Waals surface area contributed by atoms with Crippen LogP contribution in [0.15, 0.2) is 30.3 Å². The Bertz CT molecular complexity index is 243. The Kier molecular flexibility index (Phi) is 4.97. The van der Waals surface area contributed by atoms with Crippen LogP contribution in [0.25, 0.3) is 0 Å². The van der Waals surface area contributed by atoms with Crippen molar-refractivity contribution in [2.75, 3.05) is 0 Å². The van der Waals surface area contributed by atoms with Crippen molar-refractivity contribution in [2.45, 2.75) is 24.2 Å². The fourth-order valence-corrected chi connectivity index (χ4v) is 1.36. The predicted octanol–water partition coefficient (Wildman–Crippen LogP) is 3.28. The van der Waals surface area contributed by atoms with Crippen molar-refractivity contribution in [3.8, 4) is 0 Å². The number of benzene rings is 1. The van der Waals surface area contributed by atoms with Gasteiger partial charge in [-0.3, -0.25) is 0 Å². The Morgan fingerprint density at radius 3 is 2.08 bits per heavy atom. The molecule has 74 valence electrons. The lowest BCUT2D eigenvalue weighted by atomic mass is 9.96. The first-order chi connectivity index (χ1) is 5.52. The normalized spacial score (nSPS) is 13.2. The summed E-state index contributed by atoms with van der Waals surface area (Å²) >= 11 is 3.58. The summed E-state index contributed by atoms with van der Waals surface area (Å²) in [4.78, 5) is 0.214. The van der Waals surface area contributed by atoms with Gasteiger partial charge in [0.1, 0.15) is 0 Å². The van der Waals surface area contributed by atoms with Crippen LogP contribution in [0, 0.1) is 0 Å². The summed E-state index contributed by atoms with van der Waals surface area (Å²) in [5, 5.41) is 0. The minimum absolute atomic E-state index is 0. The highest BCUT2D eigenvalue weighted by atomic mass is 79.9. The van der Waals surface area contributed by atoms with Gasteiger partial charge in [0.2, 0.25) is 0 Å². The fourth-order valence-electron chi connectivity index (χ4n) is 1.05. The molecule has 1 nitrogen and oxygen atoms in total. The van der Waals surface area contributed by atoms with Gasteiger partial charge in [-0.1, -0.05) is 46.3 Å². The fraction of sp³-hybridized carbons (Fsp3) is 0.400. The maximum atomic E-state index is 5.96. The zero-order valence-electron chi connectivity index (χ0n) is 7.83. The maximum Gasteiger partial charge on any atom is 0.0569 e. The van der Waals surface area contributed by atoms with Gasteiger partial charge in [-0.2, -0.15) is 0 Å². The van der Waals surface area contributed by atoms with Crippen LogP contribution < -0.4 is 5.73 Å². The lowest BCUT2D eigenvalue weighted by Crippen LogP contribution is -2.36. The third-order valence-corrected chi connectivity index (χ3v) is 3.45. The van der Waals surface area contributed by atoms with Crippen LogP contribution in [0.2, 0.25) is 0 Å². The van der Waals surface area contributed by atoms with Crippen molar-refractivity contribution in [1.29, 1.82) is 0 Å². The number of hydrogen-bond donors (Lipinski definition) is 1. The van der Waals surface area contributed by atoms with Crippen molar-refractivity contribution < 1.29 is 0 Å². The van der Waals surface area contributed by atoms with Gasteiger partial charge in [-0.15, -0.1) is 12.4 Å². The Hall–Kier alpha value is -0.0500. The molecule has 1 rings (SSSR count). The summed E-state index contributed by atoms with van der Waals surface area (Å²) < 4.78 is 0. The van der Waals surface area contributed by atoms with Crippen LogP contribution in [0.4, 0.5) is 0 Å². The molecule has 0 spiro atoms. The van der Waals surface area contributed by atoms with Gasteiger partial charge in [0.25, 0.3) is 0 Å². The average Bonchev–Trinajstić information content (AvgIpc) is 2.03. The summed E-state index contributed by atoms with van der Waals surface area (Å²) in [5.74, 6) is 0. The molecule has 0 fully saturated rings. The van der Waals surface area contributed by atoms with E-state index in [2.05, 4.69) is 28.1 Å². The molecular weight excluding hydrogens is 249 g/mol. The van der Waals surface area contributed by atoms with Crippen molar-refractivity contribution in [3.63, 3.8) is 0 Å². The molecule has 0 aromatic heterocycles. The monoisotopic (exact) mass is 263 g/mol.